The lowest BCUT2D eigenvalue weighted by Gasteiger charge is -2.13. The van der Waals surface area contributed by atoms with Gasteiger partial charge in [0.2, 0.25) is 0 Å². The summed E-state index contributed by atoms with van der Waals surface area (Å²) < 4.78 is 11.1. The molecule has 2 rings (SSSR count). The third-order valence-corrected chi connectivity index (χ3v) is 3.08. The van der Waals surface area contributed by atoms with Gasteiger partial charge in [0.05, 0.1) is 19.8 Å². The molecule has 0 saturated heterocycles. The van der Waals surface area contributed by atoms with Crippen LogP contribution in [-0.2, 0) is 11.3 Å². The van der Waals surface area contributed by atoms with Crippen LogP contribution in [0.4, 0.5) is 5.69 Å². The van der Waals surface area contributed by atoms with E-state index in [4.69, 9.17) is 15.2 Å². The van der Waals surface area contributed by atoms with Gasteiger partial charge in [-0.15, -0.1) is 0 Å². The zero-order valence-corrected chi connectivity index (χ0v) is 9.74. The van der Waals surface area contributed by atoms with Crippen LogP contribution in [0.5, 0.6) is 5.75 Å². The summed E-state index contributed by atoms with van der Waals surface area (Å²) in [6.45, 7) is 0.596. The van der Waals surface area contributed by atoms with Crippen molar-refractivity contribution in [1.29, 1.82) is 0 Å². The van der Waals surface area contributed by atoms with Crippen molar-refractivity contribution in [2.45, 2.75) is 38.4 Å². The molecule has 88 valence electrons. The van der Waals surface area contributed by atoms with Crippen molar-refractivity contribution in [2.24, 2.45) is 0 Å². The Balaban J connectivity index is 1.98. The van der Waals surface area contributed by atoms with E-state index in [1.807, 2.05) is 18.2 Å². The van der Waals surface area contributed by atoms with Gasteiger partial charge in [-0.1, -0.05) is 12.8 Å². The predicted molar refractivity (Wildman–Crippen MR) is 64.5 cm³/mol. The molecule has 1 aliphatic carbocycles. The van der Waals surface area contributed by atoms with Crippen molar-refractivity contribution in [2.75, 3.05) is 12.8 Å². The molecule has 1 aromatic carbocycles. The first kappa shape index (κ1) is 11.3. The fraction of sp³-hybridized carbons (Fsp3) is 0.538. The van der Waals surface area contributed by atoms with Crippen molar-refractivity contribution >= 4 is 5.69 Å². The maximum absolute atomic E-state index is 5.85. The van der Waals surface area contributed by atoms with E-state index in [2.05, 4.69) is 0 Å². The zero-order chi connectivity index (χ0) is 11.4. The van der Waals surface area contributed by atoms with Crippen molar-refractivity contribution in [3.8, 4) is 5.75 Å². The van der Waals surface area contributed by atoms with Crippen LogP contribution in [-0.4, -0.2) is 13.2 Å². The fourth-order valence-electron chi connectivity index (χ4n) is 2.17. The van der Waals surface area contributed by atoms with Crippen LogP contribution in [0.1, 0.15) is 31.2 Å². The van der Waals surface area contributed by atoms with E-state index in [9.17, 15) is 0 Å². The Labute approximate surface area is 96.5 Å². The van der Waals surface area contributed by atoms with Crippen LogP contribution in [0, 0.1) is 0 Å². The first-order valence-electron chi connectivity index (χ1n) is 5.83. The average Bonchev–Trinajstić information content (AvgIpc) is 2.79. The van der Waals surface area contributed by atoms with Crippen molar-refractivity contribution in [3.05, 3.63) is 23.8 Å². The minimum atomic E-state index is 0.422. The fourth-order valence-corrected chi connectivity index (χ4v) is 2.17. The number of ether oxygens (including phenoxy) is 2. The van der Waals surface area contributed by atoms with Gasteiger partial charge in [-0.25, -0.2) is 0 Å². The second kappa shape index (κ2) is 5.21. The van der Waals surface area contributed by atoms with Gasteiger partial charge in [0.1, 0.15) is 5.75 Å². The molecule has 0 unspecified atom stereocenters. The third-order valence-electron chi connectivity index (χ3n) is 3.08. The summed E-state index contributed by atoms with van der Waals surface area (Å²) in [5.74, 6) is 0.854. The molecule has 1 fully saturated rings. The first-order chi connectivity index (χ1) is 7.79. The number of hydrogen-bond donors (Lipinski definition) is 1. The molecule has 0 atom stereocenters. The van der Waals surface area contributed by atoms with E-state index in [0.717, 1.165) is 17.0 Å². The van der Waals surface area contributed by atoms with Crippen LogP contribution in [0.3, 0.4) is 0 Å². The maximum Gasteiger partial charge on any atom is 0.124 e. The Bertz CT molecular complexity index is 346. The molecule has 0 amide bonds. The van der Waals surface area contributed by atoms with Crippen LogP contribution < -0.4 is 10.5 Å². The second-order valence-corrected chi connectivity index (χ2v) is 4.29. The van der Waals surface area contributed by atoms with Crippen LogP contribution in [0.2, 0.25) is 0 Å². The monoisotopic (exact) mass is 221 g/mol. The molecule has 0 aliphatic heterocycles. The number of nitrogens with two attached hydrogens (primary N) is 1. The summed E-state index contributed by atoms with van der Waals surface area (Å²) in [7, 11) is 1.67. The van der Waals surface area contributed by atoms with Gasteiger partial charge in [0.15, 0.2) is 0 Å². The Kier molecular flexibility index (Phi) is 3.67. The molecular weight excluding hydrogens is 202 g/mol. The van der Waals surface area contributed by atoms with E-state index < -0.39 is 0 Å². The molecule has 0 aromatic heterocycles. The van der Waals surface area contributed by atoms with Gasteiger partial charge in [0.25, 0.3) is 0 Å². The highest BCUT2D eigenvalue weighted by atomic mass is 16.5. The number of methoxy groups -OCH3 is 1. The normalized spacial score (nSPS) is 16.6. The SMILES string of the molecule is COc1ccc(N)cc1COC1CCCC1. The Morgan fingerprint density at radius 3 is 2.75 bits per heavy atom. The van der Waals surface area contributed by atoms with E-state index >= 15 is 0 Å². The smallest absolute Gasteiger partial charge is 0.124 e. The summed E-state index contributed by atoms with van der Waals surface area (Å²) in [4.78, 5) is 0. The topological polar surface area (TPSA) is 44.5 Å². The average molecular weight is 221 g/mol. The molecule has 1 aromatic rings. The number of rotatable bonds is 4. The van der Waals surface area contributed by atoms with Gasteiger partial charge >= 0.3 is 0 Å². The molecule has 1 saturated carbocycles. The Morgan fingerprint density at radius 1 is 1.31 bits per heavy atom. The maximum atomic E-state index is 5.85. The van der Waals surface area contributed by atoms with E-state index in [1.165, 1.54) is 25.7 Å². The molecule has 3 nitrogen and oxygen atoms in total. The lowest BCUT2D eigenvalue weighted by atomic mass is 10.2. The van der Waals surface area contributed by atoms with Crippen LogP contribution in [0.15, 0.2) is 18.2 Å². The number of benzene rings is 1. The van der Waals surface area contributed by atoms with Gasteiger partial charge in [-0.3, -0.25) is 0 Å². The Morgan fingerprint density at radius 2 is 2.06 bits per heavy atom. The van der Waals surface area contributed by atoms with Gasteiger partial charge in [0, 0.05) is 11.3 Å². The van der Waals surface area contributed by atoms with E-state index in [1.54, 1.807) is 7.11 Å². The minimum absolute atomic E-state index is 0.422. The zero-order valence-electron chi connectivity index (χ0n) is 9.74. The summed E-state index contributed by atoms with van der Waals surface area (Å²) >= 11 is 0. The number of nitrogen functional groups attached to an aromatic ring is 1. The molecule has 0 bridgehead atoms. The van der Waals surface area contributed by atoms with Crippen LogP contribution in [0.25, 0.3) is 0 Å². The lowest BCUT2D eigenvalue weighted by Crippen LogP contribution is -2.08. The predicted octanol–water partition coefficient (Wildman–Crippen LogP) is 2.74. The molecule has 1 aliphatic rings. The second-order valence-electron chi connectivity index (χ2n) is 4.29. The van der Waals surface area contributed by atoms with E-state index in [-0.39, 0.29) is 0 Å². The standard InChI is InChI=1S/C13H19NO2/c1-15-13-7-6-11(14)8-10(13)9-16-12-4-2-3-5-12/h6-8,12H,2-5,9,14H2,1H3. The summed E-state index contributed by atoms with van der Waals surface area (Å²) in [5.41, 5.74) is 7.55. The largest absolute Gasteiger partial charge is 0.496 e. The highest BCUT2D eigenvalue weighted by Crippen LogP contribution is 2.26. The Hall–Kier alpha value is -1.22. The minimum Gasteiger partial charge on any atom is -0.496 e. The molecule has 3 heteroatoms. The first-order valence-corrected chi connectivity index (χ1v) is 5.83. The molecule has 0 radical (unpaired) electrons. The quantitative estimate of drug-likeness (QED) is 0.795. The van der Waals surface area contributed by atoms with E-state index in [0.29, 0.717) is 12.7 Å². The van der Waals surface area contributed by atoms with Crippen molar-refractivity contribution in [3.63, 3.8) is 0 Å². The number of anilines is 1. The molecule has 0 spiro atoms. The lowest BCUT2D eigenvalue weighted by molar-refractivity contribution is 0.0446. The van der Waals surface area contributed by atoms with Crippen molar-refractivity contribution < 1.29 is 9.47 Å². The number of hydrogen-bond acceptors (Lipinski definition) is 3. The summed E-state index contributed by atoms with van der Waals surface area (Å²) in [6, 6.07) is 5.66. The highest BCUT2D eigenvalue weighted by molar-refractivity contribution is 5.47. The molecule has 16 heavy (non-hydrogen) atoms. The summed E-state index contributed by atoms with van der Waals surface area (Å²) in [5, 5.41) is 0. The molecular formula is C13H19NO2. The van der Waals surface area contributed by atoms with Gasteiger partial charge in [-0.2, -0.15) is 0 Å². The third kappa shape index (κ3) is 2.67. The van der Waals surface area contributed by atoms with Crippen LogP contribution >= 0.6 is 0 Å². The van der Waals surface area contributed by atoms with Gasteiger partial charge in [-0.05, 0) is 31.0 Å². The van der Waals surface area contributed by atoms with Gasteiger partial charge < -0.3 is 15.2 Å². The highest BCUT2D eigenvalue weighted by Gasteiger charge is 2.16. The van der Waals surface area contributed by atoms with Crippen molar-refractivity contribution in [1.82, 2.24) is 0 Å². The molecule has 0 heterocycles. The summed E-state index contributed by atoms with van der Waals surface area (Å²) in [6.07, 6.45) is 5.37. The molecule has 2 N–H and O–H groups in total.